The molecule has 0 aliphatic carbocycles. The first-order valence-corrected chi connectivity index (χ1v) is 7.99. The van der Waals surface area contributed by atoms with Crippen LogP contribution in [0.5, 0.6) is 0 Å². The Labute approximate surface area is 99.0 Å². The Hall–Kier alpha value is -0.120. The zero-order valence-electron chi connectivity index (χ0n) is 8.80. The maximum Gasteiger partial charge on any atom is 0.402 e. The summed E-state index contributed by atoms with van der Waals surface area (Å²) in [5.74, 6) is 0. The highest BCUT2D eigenvalue weighted by Crippen LogP contribution is 2.50. The molecule has 86 valence electrons. The molecule has 0 aromatic heterocycles. The summed E-state index contributed by atoms with van der Waals surface area (Å²) < 4.78 is 15.3. The van der Waals surface area contributed by atoms with Crippen molar-refractivity contribution >= 4 is 35.3 Å². The van der Waals surface area contributed by atoms with E-state index >= 15 is 0 Å². The van der Waals surface area contributed by atoms with Gasteiger partial charge in [-0.15, -0.1) is 0 Å². The third-order valence-electron chi connectivity index (χ3n) is 1.09. The van der Waals surface area contributed by atoms with E-state index in [0.29, 0.717) is 13.2 Å². The van der Waals surface area contributed by atoms with E-state index in [2.05, 4.69) is 5.16 Å². The fourth-order valence-corrected chi connectivity index (χ4v) is 2.56. The predicted octanol–water partition coefficient (Wildman–Crippen LogP) is 2.50. The van der Waals surface area contributed by atoms with Crippen molar-refractivity contribution in [1.29, 1.82) is 5.26 Å². The Morgan fingerprint density at radius 3 is 2.33 bits per heavy atom. The lowest BCUT2D eigenvalue weighted by atomic mass is 10.8. The lowest BCUT2D eigenvalue weighted by Crippen LogP contribution is -1.98. The highest BCUT2D eigenvalue weighted by Gasteiger charge is 2.20. The normalized spacial score (nSPS) is 12.3. The molecule has 0 amide bonds. The van der Waals surface area contributed by atoms with Crippen LogP contribution in [-0.2, 0) is 25.5 Å². The van der Waals surface area contributed by atoms with Gasteiger partial charge in [0.2, 0.25) is 5.04 Å². The molecule has 15 heavy (non-hydrogen) atoms. The Kier molecular flexibility index (Phi) is 8.02. The average molecular weight is 268 g/mol. The quantitative estimate of drug-likeness (QED) is 0.319. The molecule has 0 unspecified atom stereocenters. The van der Waals surface area contributed by atoms with Crippen LogP contribution in [0.2, 0.25) is 0 Å². The minimum Gasteiger partial charge on any atom is -0.312 e. The summed E-state index contributed by atoms with van der Waals surface area (Å²) in [4.78, 5) is 0. The zero-order chi connectivity index (χ0) is 11.7. The summed E-state index contributed by atoms with van der Waals surface area (Å²) in [7, 11) is 0. The van der Waals surface area contributed by atoms with Gasteiger partial charge in [-0.3, -0.25) is 9.05 Å². The van der Waals surface area contributed by atoms with Crippen molar-refractivity contribution in [3.05, 3.63) is 0 Å². The van der Waals surface area contributed by atoms with E-state index in [1.807, 2.05) is 6.07 Å². The monoisotopic (exact) mass is 268 g/mol. The highest BCUT2D eigenvalue weighted by atomic mass is 32.5. The molecule has 0 fully saturated rings. The molecule has 0 heterocycles. The molecule has 0 radical (unpaired) electrons. The third kappa shape index (κ3) is 6.13. The maximum atomic E-state index is 8.60. The molecule has 0 saturated carbocycles. The molecule has 0 aromatic carbocycles. The van der Waals surface area contributed by atoms with Gasteiger partial charge in [0.05, 0.1) is 13.2 Å². The zero-order valence-corrected chi connectivity index (χ0v) is 11.3. The number of oxime groups is 1. The molecule has 5 nitrogen and oxygen atoms in total. The van der Waals surface area contributed by atoms with Crippen LogP contribution in [-0.4, -0.2) is 24.5 Å². The lowest BCUT2D eigenvalue weighted by molar-refractivity contribution is 0.172. The summed E-state index contributed by atoms with van der Waals surface area (Å²) in [6.45, 7) is 1.52. The molecule has 0 aliphatic heterocycles. The smallest absolute Gasteiger partial charge is 0.312 e. The average Bonchev–Trinajstić information content (AvgIpc) is 2.20. The van der Waals surface area contributed by atoms with Gasteiger partial charge in [-0.2, -0.15) is 5.26 Å². The van der Waals surface area contributed by atoms with Gasteiger partial charge in [0.15, 0.2) is 0 Å². The van der Waals surface area contributed by atoms with Crippen LogP contribution in [0.1, 0.15) is 13.8 Å². The second-order valence-electron chi connectivity index (χ2n) is 2.08. The van der Waals surface area contributed by atoms with Crippen molar-refractivity contribution in [1.82, 2.24) is 0 Å². The summed E-state index contributed by atoms with van der Waals surface area (Å²) in [5, 5.41) is 12.4. The van der Waals surface area contributed by atoms with Crippen molar-refractivity contribution in [3.8, 4) is 6.07 Å². The van der Waals surface area contributed by atoms with E-state index in [-0.39, 0.29) is 5.04 Å². The number of rotatable bonds is 6. The second-order valence-corrected chi connectivity index (χ2v) is 5.79. The van der Waals surface area contributed by atoms with Gasteiger partial charge in [-0.25, -0.2) is 0 Å². The molecule has 0 saturated heterocycles. The minimum absolute atomic E-state index is 0.184. The van der Waals surface area contributed by atoms with Crippen molar-refractivity contribution in [2.75, 3.05) is 19.5 Å². The molecule has 0 atom stereocenters. The lowest BCUT2D eigenvalue weighted by Gasteiger charge is -2.16. The summed E-state index contributed by atoms with van der Waals surface area (Å²) in [5.41, 5.74) is 0. The number of nitrogens with zero attached hydrogens (tertiary/aromatic N) is 2. The summed E-state index contributed by atoms with van der Waals surface area (Å²) >= 11 is 6.20. The van der Waals surface area contributed by atoms with Crippen LogP contribution in [0.3, 0.4) is 0 Å². The molecule has 0 N–H and O–H groups in total. The second kappa shape index (κ2) is 8.08. The van der Waals surface area contributed by atoms with Crippen molar-refractivity contribution < 1.29 is 13.7 Å². The fourth-order valence-electron chi connectivity index (χ4n) is 0.591. The van der Waals surface area contributed by atoms with Crippen LogP contribution in [0, 0.1) is 11.3 Å². The molecule has 0 spiro atoms. The first kappa shape index (κ1) is 14.9. The van der Waals surface area contributed by atoms with Gasteiger partial charge < -0.3 is 4.62 Å². The molecule has 0 aromatic rings. The number of nitriles is 1. The summed E-state index contributed by atoms with van der Waals surface area (Å²) in [6, 6.07) is 1.86. The molecule has 0 bridgehead atoms. The van der Waals surface area contributed by atoms with Crippen LogP contribution >= 0.6 is 18.5 Å². The Bertz CT molecular complexity index is 293. The van der Waals surface area contributed by atoms with E-state index in [4.69, 9.17) is 30.7 Å². The Balaban J connectivity index is 4.49. The standard InChI is InChI=1S/C7H13N2O3PS2/c1-4-10-13(14,11-5-2)12-9-7(6-8)15-3/h4-5H2,1-3H3. The van der Waals surface area contributed by atoms with Gasteiger partial charge in [-0.1, -0.05) is 16.9 Å². The van der Waals surface area contributed by atoms with E-state index < -0.39 is 6.72 Å². The molecule has 0 aliphatic rings. The van der Waals surface area contributed by atoms with E-state index in [1.54, 1.807) is 20.1 Å². The third-order valence-corrected chi connectivity index (χ3v) is 3.90. The van der Waals surface area contributed by atoms with Crippen LogP contribution in [0.25, 0.3) is 0 Å². The number of thioether (sulfide) groups is 1. The van der Waals surface area contributed by atoms with Gasteiger partial charge in [0.25, 0.3) is 0 Å². The first-order chi connectivity index (χ1) is 7.11. The van der Waals surface area contributed by atoms with Crippen LogP contribution < -0.4 is 0 Å². The molecule has 8 heteroatoms. The summed E-state index contributed by atoms with van der Waals surface area (Å²) in [6.07, 6.45) is 1.72. The van der Waals surface area contributed by atoms with Crippen molar-refractivity contribution in [2.24, 2.45) is 5.16 Å². The number of hydrogen-bond donors (Lipinski definition) is 0. The van der Waals surface area contributed by atoms with Crippen LogP contribution in [0.15, 0.2) is 5.16 Å². The van der Waals surface area contributed by atoms with Gasteiger partial charge in [0.1, 0.15) is 6.07 Å². The highest BCUT2D eigenvalue weighted by molar-refractivity contribution is 8.14. The minimum atomic E-state index is -2.82. The number of hydrogen-bond acceptors (Lipinski definition) is 7. The van der Waals surface area contributed by atoms with Gasteiger partial charge >= 0.3 is 6.72 Å². The van der Waals surface area contributed by atoms with E-state index in [0.717, 1.165) is 0 Å². The predicted molar refractivity (Wildman–Crippen MR) is 65.2 cm³/mol. The van der Waals surface area contributed by atoms with E-state index in [9.17, 15) is 0 Å². The van der Waals surface area contributed by atoms with Crippen LogP contribution in [0.4, 0.5) is 0 Å². The molecular formula is C7H13N2O3PS2. The van der Waals surface area contributed by atoms with E-state index in [1.165, 1.54) is 11.8 Å². The SMILES string of the molecule is CCOP(=S)(OCC)ON=C(C#N)SC. The van der Waals surface area contributed by atoms with Gasteiger partial charge in [-0.05, 0) is 20.1 Å². The Morgan fingerprint density at radius 2 is 2.00 bits per heavy atom. The molecule has 0 rings (SSSR count). The van der Waals surface area contributed by atoms with Gasteiger partial charge in [0, 0.05) is 11.8 Å². The largest absolute Gasteiger partial charge is 0.402 e. The topological polar surface area (TPSA) is 63.8 Å². The van der Waals surface area contributed by atoms with Crippen molar-refractivity contribution in [3.63, 3.8) is 0 Å². The molecular weight excluding hydrogens is 255 g/mol. The Morgan fingerprint density at radius 1 is 1.47 bits per heavy atom. The fraction of sp³-hybridized carbons (Fsp3) is 0.714. The first-order valence-electron chi connectivity index (χ1n) is 4.21. The maximum absolute atomic E-state index is 8.60. The van der Waals surface area contributed by atoms with Crippen molar-refractivity contribution in [2.45, 2.75) is 13.8 Å².